The maximum Gasteiger partial charge on any atom is 0.253 e. The monoisotopic (exact) mass is 463 g/mol. The molecule has 0 bridgehead atoms. The fraction of sp³-hybridized carbons (Fsp3) is 0.360. The number of piperidine rings is 1. The van der Waals surface area contributed by atoms with E-state index in [0.717, 1.165) is 42.7 Å². The van der Waals surface area contributed by atoms with Gasteiger partial charge in [-0.3, -0.25) is 9.36 Å². The van der Waals surface area contributed by atoms with Crippen LogP contribution < -0.4 is 20.9 Å². The number of carbonyl (C=O) groups excluding carboxylic acids is 1. The number of ether oxygens (including phenoxy) is 2. The molecule has 1 aliphatic heterocycles. The molecule has 4 heterocycles. The molecule has 4 N–H and O–H groups in total. The van der Waals surface area contributed by atoms with Gasteiger partial charge in [0.15, 0.2) is 11.2 Å². The molecule has 0 radical (unpaired) electrons. The van der Waals surface area contributed by atoms with Crippen molar-refractivity contribution in [2.75, 3.05) is 33.0 Å². The molecule has 1 amide bonds. The van der Waals surface area contributed by atoms with Crippen LogP contribution in [-0.2, 0) is 0 Å². The van der Waals surface area contributed by atoms with Crippen LogP contribution in [0.2, 0.25) is 0 Å². The zero-order valence-electron chi connectivity index (χ0n) is 19.8. The minimum absolute atomic E-state index is 0.00142. The van der Waals surface area contributed by atoms with E-state index in [0.29, 0.717) is 33.6 Å². The summed E-state index contributed by atoms with van der Waals surface area (Å²) >= 11 is 0. The van der Waals surface area contributed by atoms with Gasteiger partial charge < -0.3 is 30.3 Å². The second-order valence-electron chi connectivity index (χ2n) is 8.94. The molecule has 4 aromatic rings. The summed E-state index contributed by atoms with van der Waals surface area (Å²) in [6, 6.07) is 5.64. The molecule has 1 aromatic carbocycles. The topological polar surface area (TPSA) is 122 Å². The Balaban J connectivity index is 1.82. The number of furan rings is 1. The molecule has 34 heavy (non-hydrogen) atoms. The van der Waals surface area contributed by atoms with E-state index in [9.17, 15) is 4.79 Å². The van der Waals surface area contributed by atoms with Crippen molar-refractivity contribution < 1.29 is 18.7 Å². The number of rotatable bonds is 5. The highest BCUT2D eigenvalue weighted by Gasteiger charge is 2.29. The predicted octanol–water partition coefficient (Wildman–Crippen LogP) is 3.55. The van der Waals surface area contributed by atoms with Crippen molar-refractivity contribution in [1.29, 1.82) is 0 Å². The number of anilines is 1. The van der Waals surface area contributed by atoms with Gasteiger partial charge in [0.1, 0.15) is 17.7 Å². The number of nitrogen functional groups attached to an aromatic ring is 1. The van der Waals surface area contributed by atoms with Crippen molar-refractivity contribution in [1.82, 2.24) is 14.5 Å². The Morgan fingerprint density at radius 1 is 1.26 bits per heavy atom. The van der Waals surface area contributed by atoms with E-state index in [2.05, 4.69) is 11.9 Å². The average Bonchev–Trinajstić information content (AvgIpc) is 3.38. The van der Waals surface area contributed by atoms with Gasteiger partial charge in [-0.2, -0.15) is 4.98 Å². The summed E-state index contributed by atoms with van der Waals surface area (Å²) in [4.78, 5) is 19.7. The van der Waals surface area contributed by atoms with E-state index in [1.165, 1.54) is 0 Å². The molecule has 178 valence electrons. The van der Waals surface area contributed by atoms with Crippen molar-refractivity contribution in [3.8, 4) is 17.3 Å². The number of methoxy groups -OCH3 is 1. The number of nitrogens with zero attached hydrogens (tertiary/aromatic N) is 3. The summed E-state index contributed by atoms with van der Waals surface area (Å²) in [6.45, 7) is 5.76. The van der Waals surface area contributed by atoms with Gasteiger partial charge in [-0.15, -0.1) is 0 Å². The SMILES string of the molecule is COc1ccc(C)c(-n2c(N)c(C(N)=O)c3c4occc4c(O[C@H]4CCCN(C)C4)nc32)c1C. The lowest BCUT2D eigenvalue weighted by Crippen LogP contribution is -2.38. The minimum Gasteiger partial charge on any atom is -0.496 e. The first-order chi connectivity index (χ1) is 16.3. The number of hydrogen-bond acceptors (Lipinski definition) is 7. The highest BCUT2D eigenvalue weighted by atomic mass is 16.5. The summed E-state index contributed by atoms with van der Waals surface area (Å²) in [5.41, 5.74) is 16.1. The number of pyridine rings is 1. The van der Waals surface area contributed by atoms with Crippen LogP contribution in [0.5, 0.6) is 11.6 Å². The molecule has 3 aromatic heterocycles. The number of primary amides is 1. The van der Waals surface area contributed by atoms with Crippen LogP contribution in [0.1, 0.15) is 34.3 Å². The number of carbonyl (C=O) groups is 1. The van der Waals surface area contributed by atoms with Crippen molar-refractivity contribution in [2.24, 2.45) is 5.73 Å². The highest BCUT2D eigenvalue weighted by Crippen LogP contribution is 2.41. The molecule has 9 heteroatoms. The van der Waals surface area contributed by atoms with Gasteiger partial charge in [-0.1, -0.05) is 6.07 Å². The third-order valence-corrected chi connectivity index (χ3v) is 6.65. The third kappa shape index (κ3) is 3.35. The maximum absolute atomic E-state index is 12.6. The van der Waals surface area contributed by atoms with Crippen LogP contribution in [0.4, 0.5) is 5.82 Å². The number of aryl methyl sites for hydroxylation is 1. The lowest BCUT2D eigenvalue weighted by Gasteiger charge is -2.29. The molecule has 1 fully saturated rings. The number of likely N-dealkylation sites (N-methyl/N-ethyl adjacent to an activating group) is 1. The molecule has 1 atom stereocenters. The first kappa shape index (κ1) is 22.1. The van der Waals surface area contributed by atoms with Crippen LogP contribution >= 0.6 is 0 Å². The Hall–Kier alpha value is -3.72. The highest BCUT2D eigenvalue weighted by molar-refractivity contribution is 6.19. The molecule has 0 aliphatic carbocycles. The van der Waals surface area contributed by atoms with Crippen molar-refractivity contribution in [3.63, 3.8) is 0 Å². The number of hydrogen-bond donors (Lipinski definition) is 2. The van der Waals surface area contributed by atoms with Crippen molar-refractivity contribution >= 4 is 33.7 Å². The Morgan fingerprint density at radius 2 is 2.06 bits per heavy atom. The van der Waals surface area contributed by atoms with E-state index in [4.69, 9.17) is 30.3 Å². The zero-order chi connectivity index (χ0) is 24.1. The second-order valence-corrected chi connectivity index (χ2v) is 8.94. The predicted molar refractivity (Wildman–Crippen MR) is 131 cm³/mol. The van der Waals surface area contributed by atoms with Gasteiger partial charge in [0.25, 0.3) is 5.91 Å². The molecule has 9 nitrogen and oxygen atoms in total. The number of benzene rings is 1. The summed E-state index contributed by atoms with van der Waals surface area (Å²) in [5.74, 6) is 0.691. The van der Waals surface area contributed by atoms with Gasteiger partial charge in [-0.25, -0.2) is 0 Å². The fourth-order valence-electron chi connectivity index (χ4n) is 5.05. The quantitative estimate of drug-likeness (QED) is 0.464. The number of nitrogens with two attached hydrogens (primary N) is 2. The fourth-order valence-corrected chi connectivity index (χ4v) is 5.05. The number of fused-ring (bicyclic) bond motifs is 3. The van der Waals surface area contributed by atoms with E-state index in [1.54, 1.807) is 24.0 Å². The molecular formula is C25H29N5O4. The van der Waals surface area contributed by atoms with E-state index < -0.39 is 5.91 Å². The smallest absolute Gasteiger partial charge is 0.253 e. The Labute approximate surface area is 197 Å². The van der Waals surface area contributed by atoms with Crippen LogP contribution in [0.15, 0.2) is 28.9 Å². The van der Waals surface area contributed by atoms with E-state index in [-0.39, 0.29) is 17.5 Å². The number of likely N-dealkylation sites (tertiary alicyclic amines) is 1. The van der Waals surface area contributed by atoms with Crippen LogP contribution in [0, 0.1) is 13.8 Å². The van der Waals surface area contributed by atoms with Gasteiger partial charge in [0, 0.05) is 12.1 Å². The number of amides is 1. The summed E-state index contributed by atoms with van der Waals surface area (Å²) < 4.78 is 19.6. The summed E-state index contributed by atoms with van der Waals surface area (Å²) in [5, 5.41) is 1.15. The molecule has 0 unspecified atom stereocenters. The maximum atomic E-state index is 12.6. The molecule has 0 spiro atoms. The molecule has 0 saturated carbocycles. The Morgan fingerprint density at radius 3 is 2.76 bits per heavy atom. The second kappa shape index (κ2) is 8.25. The zero-order valence-corrected chi connectivity index (χ0v) is 19.8. The standard InChI is InChI=1S/C25H29N5O4/c1-13-7-8-17(32-4)14(2)20(13)30-22(26)19(23(27)31)18-21-16(9-11-33-21)25(28-24(18)30)34-15-6-5-10-29(3)12-15/h7-9,11,15H,5-6,10,12,26H2,1-4H3,(H2,27,31)/t15-/m0/s1. The van der Waals surface area contributed by atoms with E-state index in [1.807, 2.05) is 26.0 Å². The van der Waals surface area contributed by atoms with Crippen LogP contribution in [0.25, 0.3) is 27.7 Å². The summed E-state index contributed by atoms with van der Waals surface area (Å²) in [7, 11) is 3.70. The first-order valence-corrected chi connectivity index (χ1v) is 11.3. The molecule has 1 saturated heterocycles. The lowest BCUT2D eigenvalue weighted by molar-refractivity contribution is 0.100. The van der Waals surface area contributed by atoms with Gasteiger partial charge in [-0.05, 0) is 58.0 Å². The number of aromatic nitrogens is 2. The first-order valence-electron chi connectivity index (χ1n) is 11.3. The third-order valence-electron chi connectivity index (χ3n) is 6.65. The Kier molecular flexibility index (Phi) is 5.36. The van der Waals surface area contributed by atoms with Crippen LogP contribution in [-0.4, -0.2) is 53.7 Å². The summed E-state index contributed by atoms with van der Waals surface area (Å²) in [6.07, 6.45) is 3.55. The van der Waals surface area contributed by atoms with Crippen molar-refractivity contribution in [2.45, 2.75) is 32.8 Å². The molecular weight excluding hydrogens is 434 g/mol. The van der Waals surface area contributed by atoms with Gasteiger partial charge in [0.2, 0.25) is 5.88 Å². The molecule has 1 aliphatic rings. The van der Waals surface area contributed by atoms with Gasteiger partial charge in [0.05, 0.1) is 35.4 Å². The average molecular weight is 464 g/mol. The molecule has 5 rings (SSSR count). The normalized spacial score (nSPS) is 16.9. The lowest BCUT2D eigenvalue weighted by atomic mass is 10.1. The van der Waals surface area contributed by atoms with Crippen LogP contribution in [0.3, 0.4) is 0 Å². The van der Waals surface area contributed by atoms with Crippen molar-refractivity contribution in [3.05, 3.63) is 41.2 Å². The Bertz CT molecular complexity index is 1420. The largest absolute Gasteiger partial charge is 0.496 e. The minimum atomic E-state index is -0.651. The van der Waals surface area contributed by atoms with Gasteiger partial charge >= 0.3 is 0 Å². The van der Waals surface area contributed by atoms with E-state index >= 15 is 0 Å².